The van der Waals surface area contributed by atoms with E-state index in [-0.39, 0.29) is 6.79 Å². The minimum Gasteiger partial charge on any atom is -0.497 e. The first-order valence-corrected chi connectivity index (χ1v) is 14.0. The maximum Gasteiger partial charge on any atom is 0.188 e. The summed E-state index contributed by atoms with van der Waals surface area (Å²) in [5, 5.41) is 3.51. The van der Waals surface area contributed by atoms with Crippen molar-refractivity contribution in [1.29, 1.82) is 0 Å². The summed E-state index contributed by atoms with van der Waals surface area (Å²) in [6.45, 7) is 4.73. The van der Waals surface area contributed by atoms with E-state index in [4.69, 9.17) is 28.9 Å². The molecule has 0 atom stereocenters. The molecule has 8 nitrogen and oxygen atoms in total. The highest BCUT2D eigenvalue weighted by atomic mass is 16.7. The molecule has 0 aliphatic carbocycles. The van der Waals surface area contributed by atoms with Crippen LogP contribution in [-0.2, 0) is 11.3 Å². The number of aliphatic imine (C=N–C) groups is 2. The third-order valence-electron chi connectivity index (χ3n) is 6.83. The summed E-state index contributed by atoms with van der Waals surface area (Å²) in [7, 11) is 4.90. The third kappa shape index (κ3) is 7.95. The van der Waals surface area contributed by atoms with Crippen molar-refractivity contribution in [1.82, 2.24) is 4.98 Å². The second-order valence-electron chi connectivity index (χ2n) is 9.80. The summed E-state index contributed by atoms with van der Waals surface area (Å²) < 4.78 is 22.5. The number of hydrogen-bond acceptors (Lipinski definition) is 8. The minimum atomic E-state index is 0.0814. The fourth-order valence-electron chi connectivity index (χ4n) is 4.64. The van der Waals surface area contributed by atoms with Crippen LogP contribution < -0.4 is 19.5 Å². The highest BCUT2D eigenvalue weighted by Crippen LogP contribution is 2.39. The molecule has 0 saturated heterocycles. The lowest BCUT2D eigenvalue weighted by molar-refractivity contribution is 0.0511. The molecule has 0 fully saturated rings. The summed E-state index contributed by atoms with van der Waals surface area (Å²) in [5.74, 6) is 2.66. The highest BCUT2D eigenvalue weighted by molar-refractivity contribution is 5.90. The Morgan fingerprint density at radius 1 is 1.05 bits per heavy atom. The largest absolute Gasteiger partial charge is 0.497 e. The second-order valence-corrected chi connectivity index (χ2v) is 9.80. The van der Waals surface area contributed by atoms with Crippen LogP contribution in [-0.4, -0.2) is 45.0 Å². The van der Waals surface area contributed by atoms with E-state index in [1.807, 2.05) is 30.6 Å². The Hall–Kier alpha value is -4.17. The van der Waals surface area contributed by atoms with Gasteiger partial charge in [-0.1, -0.05) is 31.2 Å². The van der Waals surface area contributed by atoms with E-state index in [1.165, 1.54) is 5.57 Å². The lowest BCUT2D eigenvalue weighted by Gasteiger charge is -2.20. The SMILES string of the molecule is CC/C=C\C=C1\C=NC=C(c2cc(C3=CCCC(C)=N3)nc(NCc3ccc(OC)cc3OC)c2OCOC)CC1. The predicted molar refractivity (Wildman–Crippen MR) is 167 cm³/mol. The molecule has 1 N–H and O–H groups in total. The summed E-state index contributed by atoms with van der Waals surface area (Å²) in [4.78, 5) is 14.5. The Morgan fingerprint density at radius 3 is 2.68 bits per heavy atom. The average molecular weight is 557 g/mol. The van der Waals surface area contributed by atoms with Crippen molar-refractivity contribution in [3.63, 3.8) is 0 Å². The summed E-state index contributed by atoms with van der Waals surface area (Å²) in [6.07, 6.45) is 16.9. The van der Waals surface area contributed by atoms with E-state index < -0.39 is 0 Å². The van der Waals surface area contributed by atoms with Gasteiger partial charge in [-0.05, 0) is 68.4 Å². The lowest BCUT2D eigenvalue weighted by atomic mass is 9.98. The molecule has 216 valence electrons. The molecular formula is C33H40N4O4. The van der Waals surface area contributed by atoms with Crippen LogP contribution >= 0.6 is 0 Å². The fourth-order valence-corrected chi connectivity index (χ4v) is 4.64. The normalized spacial score (nSPS) is 16.2. The zero-order chi connectivity index (χ0) is 29.0. The molecule has 0 amide bonds. The third-order valence-corrected chi connectivity index (χ3v) is 6.83. The first kappa shape index (κ1) is 29.8. The van der Waals surface area contributed by atoms with Gasteiger partial charge < -0.3 is 24.3 Å². The highest BCUT2D eigenvalue weighted by Gasteiger charge is 2.21. The molecule has 2 aromatic rings. The zero-order valence-corrected chi connectivity index (χ0v) is 24.7. The first-order valence-electron chi connectivity index (χ1n) is 14.0. The van der Waals surface area contributed by atoms with Crippen molar-refractivity contribution in [3.8, 4) is 17.2 Å². The number of anilines is 1. The van der Waals surface area contributed by atoms with Crippen molar-refractivity contribution in [2.45, 2.75) is 52.5 Å². The van der Waals surface area contributed by atoms with Crippen molar-refractivity contribution >= 4 is 29.0 Å². The zero-order valence-electron chi connectivity index (χ0n) is 24.7. The molecule has 2 aliphatic rings. The molecule has 4 rings (SSSR count). The molecule has 0 saturated carbocycles. The number of ether oxygens (including phenoxy) is 4. The van der Waals surface area contributed by atoms with Crippen molar-refractivity contribution < 1.29 is 18.9 Å². The fraction of sp³-hybridized carbons (Fsp3) is 0.364. The van der Waals surface area contributed by atoms with Crippen LogP contribution in [0.1, 0.15) is 62.8 Å². The van der Waals surface area contributed by atoms with Gasteiger partial charge >= 0.3 is 0 Å². The van der Waals surface area contributed by atoms with E-state index in [1.54, 1.807) is 21.3 Å². The van der Waals surface area contributed by atoms with E-state index in [9.17, 15) is 0 Å². The van der Waals surface area contributed by atoms with Crippen LogP contribution in [0.15, 0.2) is 70.3 Å². The number of nitrogens with zero attached hydrogens (tertiary/aromatic N) is 3. The van der Waals surface area contributed by atoms with Gasteiger partial charge in [0.2, 0.25) is 0 Å². The van der Waals surface area contributed by atoms with Crippen LogP contribution in [0.3, 0.4) is 0 Å². The number of nitrogens with one attached hydrogen (secondary N) is 1. The van der Waals surface area contributed by atoms with E-state index >= 15 is 0 Å². The van der Waals surface area contributed by atoms with E-state index in [0.29, 0.717) is 18.1 Å². The Morgan fingerprint density at radius 2 is 1.93 bits per heavy atom. The number of pyridine rings is 1. The average Bonchev–Trinajstić information content (AvgIpc) is 3.24. The van der Waals surface area contributed by atoms with Gasteiger partial charge in [0.1, 0.15) is 11.5 Å². The van der Waals surface area contributed by atoms with Gasteiger partial charge in [0.15, 0.2) is 18.4 Å². The number of hydrogen-bond donors (Lipinski definition) is 1. The number of rotatable bonds is 12. The number of methoxy groups -OCH3 is 3. The number of allylic oxidation sites excluding steroid dienone is 6. The predicted octanol–water partition coefficient (Wildman–Crippen LogP) is 7.39. The van der Waals surface area contributed by atoms with Crippen LogP contribution in [0.4, 0.5) is 5.82 Å². The van der Waals surface area contributed by atoms with Crippen LogP contribution in [0.2, 0.25) is 0 Å². The summed E-state index contributed by atoms with van der Waals surface area (Å²) in [5.41, 5.74) is 6.84. The summed E-state index contributed by atoms with van der Waals surface area (Å²) >= 11 is 0. The van der Waals surface area contributed by atoms with E-state index in [2.05, 4.69) is 54.5 Å². The van der Waals surface area contributed by atoms with Gasteiger partial charge in [0.05, 0.1) is 25.6 Å². The van der Waals surface area contributed by atoms with Gasteiger partial charge in [0.25, 0.3) is 0 Å². The molecule has 3 heterocycles. The molecule has 0 bridgehead atoms. The van der Waals surface area contributed by atoms with Gasteiger partial charge in [0, 0.05) is 49.0 Å². The quantitative estimate of drug-likeness (QED) is 0.274. The maximum atomic E-state index is 6.19. The van der Waals surface area contributed by atoms with Crippen LogP contribution in [0.5, 0.6) is 17.2 Å². The molecule has 1 aromatic carbocycles. The maximum absolute atomic E-state index is 6.19. The molecule has 0 unspecified atom stereocenters. The van der Waals surface area contributed by atoms with Crippen molar-refractivity contribution in [2.75, 3.05) is 33.4 Å². The molecule has 8 heteroatoms. The molecule has 0 spiro atoms. The van der Waals surface area contributed by atoms with Gasteiger partial charge in [-0.25, -0.2) is 4.98 Å². The topological polar surface area (TPSA) is 86.6 Å². The first-order chi connectivity index (χ1) is 20.1. The van der Waals surface area contributed by atoms with Crippen molar-refractivity contribution in [2.24, 2.45) is 9.98 Å². The molecule has 41 heavy (non-hydrogen) atoms. The lowest BCUT2D eigenvalue weighted by Crippen LogP contribution is -2.11. The Labute approximate surface area is 243 Å². The van der Waals surface area contributed by atoms with Crippen LogP contribution in [0.25, 0.3) is 11.3 Å². The Kier molecular flexibility index (Phi) is 10.9. The van der Waals surface area contributed by atoms with Crippen molar-refractivity contribution in [3.05, 3.63) is 77.2 Å². The minimum absolute atomic E-state index is 0.0814. The van der Waals surface area contributed by atoms with Gasteiger partial charge in [-0.2, -0.15) is 0 Å². The molecule has 1 aromatic heterocycles. The second kappa shape index (κ2) is 15.0. The molecule has 2 aliphatic heterocycles. The number of aromatic nitrogens is 1. The van der Waals surface area contributed by atoms with Crippen LogP contribution in [0, 0.1) is 0 Å². The standard InChI is InChI=1S/C33H40N4O4/c1-6-7-8-11-24-13-14-25(20-34-19-24)28-18-30(29-12-9-10-23(2)36-29)37-33(32(28)41-22-38-3)35-21-26-15-16-27(39-4)17-31(26)40-5/h7-8,11-12,15-20H,6,9-10,13-14,21-22H2,1-5H3,(H,35,37)/b8-7-,24-11+. The van der Waals surface area contributed by atoms with Gasteiger partial charge in [-0.3, -0.25) is 9.98 Å². The van der Waals surface area contributed by atoms with Gasteiger partial charge in [-0.15, -0.1) is 0 Å². The Balaban J connectivity index is 1.76. The van der Waals surface area contributed by atoms with E-state index in [0.717, 1.165) is 77.4 Å². The molecular weight excluding hydrogens is 516 g/mol. The number of benzene rings is 1. The molecule has 0 radical (unpaired) electrons. The monoisotopic (exact) mass is 556 g/mol. The summed E-state index contributed by atoms with van der Waals surface area (Å²) in [6, 6.07) is 7.82. The smallest absolute Gasteiger partial charge is 0.188 e. The Bertz CT molecular complexity index is 1400.